The lowest BCUT2D eigenvalue weighted by molar-refractivity contribution is -0.586. The summed E-state index contributed by atoms with van der Waals surface area (Å²) in [7, 11) is 0. The molecule has 2 N–H and O–H groups in total. The molecular formula is C45H28N3O2S+. The number of quaternary nitrogens is 1. The van der Waals surface area contributed by atoms with Crippen LogP contribution in [0.3, 0.4) is 0 Å². The third kappa shape index (κ3) is 4.51. The van der Waals surface area contributed by atoms with Gasteiger partial charge in [0.15, 0.2) is 5.84 Å². The van der Waals surface area contributed by atoms with Crippen molar-refractivity contribution in [3.05, 3.63) is 168 Å². The quantitative estimate of drug-likeness (QED) is 0.202. The molecule has 6 heteroatoms. The van der Waals surface area contributed by atoms with Gasteiger partial charge < -0.3 is 8.83 Å². The fourth-order valence-corrected chi connectivity index (χ4v) is 8.70. The third-order valence-corrected chi connectivity index (χ3v) is 11.2. The standard InChI is InChI=1S/C45H27N3O2S/c1-2-10-26(11-3-1)43-46-44(28-21-23-40-36(24-28)32-13-5-7-19-39(32)51-40)48-45(47-43)35-17-9-16-34-33-15-8-14-29(41(33)50-42(34)35)27-20-22-31-30-12-4-6-18-37(30)49-38(31)25-27/h1-25,43H,(H,46,47,48)/p+1. The van der Waals surface area contributed by atoms with E-state index < -0.39 is 0 Å². The maximum Gasteiger partial charge on any atom is 0.239 e. The Balaban J connectivity index is 1.07. The lowest BCUT2D eigenvalue weighted by Crippen LogP contribution is -2.90. The molecule has 0 saturated carbocycles. The number of rotatable bonds is 4. The number of nitrogens with zero attached hydrogens (tertiary/aromatic N) is 2. The van der Waals surface area contributed by atoms with Crippen LogP contribution in [0, 0.1) is 0 Å². The number of thiophene rings is 1. The van der Waals surface area contributed by atoms with E-state index in [1.807, 2.05) is 35.6 Å². The first-order valence-electron chi connectivity index (χ1n) is 17.1. The second kappa shape index (κ2) is 11.1. The summed E-state index contributed by atoms with van der Waals surface area (Å²) < 4.78 is 15.7. The van der Waals surface area contributed by atoms with E-state index in [-0.39, 0.29) is 6.17 Å². The van der Waals surface area contributed by atoms with Crippen molar-refractivity contribution in [1.29, 1.82) is 0 Å². The fraction of sp³-hybridized carbons (Fsp3) is 0.0222. The zero-order valence-electron chi connectivity index (χ0n) is 27.2. The second-order valence-corrected chi connectivity index (χ2v) is 14.1. The molecule has 0 aliphatic carbocycles. The smallest absolute Gasteiger partial charge is 0.239 e. The summed E-state index contributed by atoms with van der Waals surface area (Å²) in [6.45, 7) is 0. The molecule has 0 amide bonds. The minimum absolute atomic E-state index is 0.200. The van der Waals surface area contributed by atoms with Crippen LogP contribution in [0.2, 0.25) is 0 Å². The number of furan rings is 2. The van der Waals surface area contributed by atoms with E-state index >= 15 is 0 Å². The molecule has 3 aromatic heterocycles. The maximum absolute atomic E-state index is 6.90. The van der Waals surface area contributed by atoms with E-state index in [0.717, 1.165) is 77.5 Å². The second-order valence-electron chi connectivity index (χ2n) is 13.1. The highest BCUT2D eigenvalue weighted by Gasteiger charge is 2.28. The van der Waals surface area contributed by atoms with Gasteiger partial charge in [-0.05, 0) is 54.1 Å². The number of benzene rings is 7. The van der Waals surface area contributed by atoms with Gasteiger partial charge >= 0.3 is 0 Å². The first-order chi connectivity index (χ1) is 25.2. The number of para-hydroxylation sites is 3. The van der Waals surface area contributed by atoms with Crippen LogP contribution >= 0.6 is 11.3 Å². The van der Waals surface area contributed by atoms with Crippen LogP contribution in [-0.4, -0.2) is 11.7 Å². The molecular weight excluding hydrogens is 647 g/mol. The molecule has 0 fully saturated rings. The Hall–Kier alpha value is -6.34. The van der Waals surface area contributed by atoms with Crippen molar-refractivity contribution in [1.82, 2.24) is 0 Å². The lowest BCUT2D eigenvalue weighted by Gasteiger charge is -2.19. The molecule has 0 bridgehead atoms. The average Bonchev–Trinajstić information content (AvgIpc) is 3.88. The Morgan fingerprint density at radius 2 is 1.18 bits per heavy atom. The number of nitrogens with two attached hydrogens (primary N) is 1. The summed E-state index contributed by atoms with van der Waals surface area (Å²) in [4.78, 5) is 10.5. The van der Waals surface area contributed by atoms with Crippen LogP contribution < -0.4 is 5.32 Å². The van der Waals surface area contributed by atoms with Gasteiger partial charge in [0.1, 0.15) is 22.3 Å². The van der Waals surface area contributed by atoms with Gasteiger partial charge in [-0.15, -0.1) is 11.3 Å². The number of hydrogen-bond acceptors (Lipinski definition) is 5. The van der Waals surface area contributed by atoms with Gasteiger partial charge in [0.2, 0.25) is 12.0 Å². The Bertz CT molecular complexity index is 3070. The summed E-state index contributed by atoms with van der Waals surface area (Å²) in [5, 5.41) is 8.99. The van der Waals surface area contributed by atoms with Gasteiger partial charge in [0.25, 0.3) is 0 Å². The van der Waals surface area contributed by atoms with Crippen molar-refractivity contribution >= 4 is 87.1 Å². The SMILES string of the molecule is c1ccc(C2N=C(c3ccc4sc5ccccc5c4c3)N=C(c3cccc4c3oc3c(-c5ccc6c(c5)oc5ccccc56)cccc34)[NH2+]2)cc1. The normalized spacial score (nSPS) is 15.0. The molecule has 1 unspecified atom stereocenters. The molecule has 240 valence electrons. The molecule has 0 spiro atoms. The Morgan fingerprint density at radius 1 is 0.490 bits per heavy atom. The predicted molar refractivity (Wildman–Crippen MR) is 210 cm³/mol. The topological polar surface area (TPSA) is 67.6 Å². The van der Waals surface area contributed by atoms with Crippen molar-refractivity contribution in [2.24, 2.45) is 9.98 Å². The maximum atomic E-state index is 6.90. The van der Waals surface area contributed by atoms with E-state index in [9.17, 15) is 0 Å². The van der Waals surface area contributed by atoms with Gasteiger partial charge in [0.05, 0.1) is 5.56 Å². The van der Waals surface area contributed by atoms with E-state index in [1.54, 1.807) is 0 Å². The van der Waals surface area contributed by atoms with Crippen LogP contribution in [0.15, 0.2) is 170 Å². The molecule has 1 aliphatic heterocycles. The van der Waals surface area contributed by atoms with Gasteiger partial charge in [-0.3, -0.25) is 5.32 Å². The number of fused-ring (bicyclic) bond motifs is 9. The van der Waals surface area contributed by atoms with E-state index in [1.165, 1.54) is 20.2 Å². The summed E-state index contributed by atoms with van der Waals surface area (Å²) >= 11 is 1.82. The highest BCUT2D eigenvalue weighted by atomic mass is 32.1. The van der Waals surface area contributed by atoms with Crippen molar-refractivity contribution in [3.63, 3.8) is 0 Å². The molecule has 11 rings (SSSR count). The first-order valence-corrected chi connectivity index (χ1v) is 17.9. The van der Waals surface area contributed by atoms with Crippen LogP contribution in [0.1, 0.15) is 22.9 Å². The number of hydrogen-bond donors (Lipinski definition) is 1. The number of amidine groups is 2. The lowest BCUT2D eigenvalue weighted by atomic mass is 10.0. The zero-order chi connectivity index (χ0) is 33.5. The van der Waals surface area contributed by atoms with Crippen LogP contribution in [0.4, 0.5) is 0 Å². The summed E-state index contributed by atoms with van der Waals surface area (Å²) in [6.07, 6.45) is -0.200. The molecule has 5 nitrogen and oxygen atoms in total. The van der Waals surface area contributed by atoms with E-state index in [4.69, 9.17) is 18.8 Å². The minimum Gasteiger partial charge on any atom is -0.456 e. The van der Waals surface area contributed by atoms with Gasteiger partial charge in [0, 0.05) is 58.4 Å². The molecule has 0 radical (unpaired) electrons. The molecule has 51 heavy (non-hydrogen) atoms. The first kappa shape index (κ1) is 28.5. The predicted octanol–water partition coefficient (Wildman–Crippen LogP) is 11.0. The van der Waals surface area contributed by atoms with Crippen molar-refractivity contribution in [2.45, 2.75) is 6.17 Å². The largest absolute Gasteiger partial charge is 0.456 e. The molecule has 10 aromatic rings. The Kier molecular flexibility index (Phi) is 6.19. The Labute approximate surface area is 295 Å². The zero-order valence-corrected chi connectivity index (χ0v) is 28.0. The molecule has 1 atom stereocenters. The van der Waals surface area contributed by atoms with Crippen LogP contribution in [0.25, 0.3) is 75.2 Å². The molecule has 4 heterocycles. The van der Waals surface area contributed by atoms with Gasteiger partial charge in [-0.25, -0.2) is 4.99 Å². The van der Waals surface area contributed by atoms with Gasteiger partial charge in [-0.2, -0.15) is 4.99 Å². The van der Waals surface area contributed by atoms with Crippen LogP contribution in [-0.2, 0) is 0 Å². The van der Waals surface area contributed by atoms with Crippen molar-refractivity contribution in [2.75, 3.05) is 0 Å². The molecule has 7 aromatic carbocycles. The minimum atomic E-state index is -0.200. The number of aliphatic imine (C=N–C) groups is 2. The van der Waals surface area contributed by atoms with Crippen LogP contribution in [0.5, 0.6) is 0 Å². The monoisotopic (exact) mass is 674 g/mol. The summed E-state index contributed by atoms with van der Waals surface area (Å²) in [6, 6.07) is 52.9. The summed E-state index contributed by atoms with van der Waals surface area (Å²) in [5.74, 6) is 1.56. The van der Waals surface area contributed by atoms with Gasteiger partial charge in [-0.1, -0.05) is 103 Å². The fourth-order valence-electron chi connectivity index (χ4n) is 7.62. The molecule has 0 saturated heterocycles. The Morgan fingerprint density at radius 3 is 2.06 bits per heavy atom. The van der Waals surface area contributed by atoms with Crippen molar-refractivity contribution < 1.29 is 14.2 Å². The van der Waals surface area contributed by atoms with E-state index in [0.29, 0.717) is 5.84 Å². The highest BCUT2D eigenvalue weighted by molar-refractivity contribution is 7.25. The van der Waals surface area contributed by atoms with E-state index in [2.05, 4.69) is 133 Å². The highest BCUT2D eigenvalue weighted by Crippen LogP contribution is 2.40. The third-order valence-electron chi connectivity index (χ3n) is 10.1. The van der Waals surface area contributed by atoms with Crippen molar-refractivity contribution in [3.8, 4) is 11.1 Å². The summed E-state index contributed by atoms with van der Waals surface area (Å²) in [5.41, 5.74) is 8.53. The molecule has 1 aliphatic rings. The average molecular weight is 675 g/mol.